The molecule has 0 spiro atoms. The summed E-state index contributed by atoms with van der Waals surface area (Å²) in [5.74, 6) is 0. The topological polar surface area (TPSA) is 52.2 Å². The molecule has 3 heterocycles. The first-order valence-corrected chi connectivity index (χ1v) is 10.1. The Kier molecular flexibility index (Phi) is 4.40. The molecule has 148 valence electrons. The number of aryl methyl sites for hydroxylation is 2. The van der Waals surface area contributed by atoms with Gasteiger partial charge in [0.1, 0.15) is 0 Å². The van der Waals surface area contributed by atoms with Crippen molar-refractivity contribution in [3.63, 3.8) is 0 Å². The number of rotatable bonds is 3. The van der Waals surface area contributed by atoms with Crippen molar-refractivity contribution in [3.8, 4) is 11.1 Å². The Hall–Kier alpha value is -3.44. The summed E-state index contributed by atoms with van der Waals surface area (Å²) >= 11 is 6.03. The van der Waals surface area contributed by atoms with Gasteiger partial charge in [0, 0.05) is 23.0 Å². The van der Waals surface area contributed by atoms with Crippen LogP contribution in [0.5, 0.6) is 0 Å². The van der Waals surface area contributed by atoms with Crippen molar-refractivity contribution >= 4 is 28.2 Å². The third kappa shape index (κ3) is 3.08. The summed E-state index contributed by atoms with van der Waals surface area (Å²) < 4.78 is 3.46. The van der Waals surface area contributed by atoms with E-state index in [9.17, 15) is 4.79 Å². The van der Waals surface area contributed by atoms with E-state index in [1.54, 1.807) is 15.3 Å². The number of benzene rings is 2. The Bertz CT molecular complexity index is 1450. The van der Waals surface area contributed by atoms with E-state index >= 15 is 0 Å². The zero-order valence-electron chi connectivity index (χ0n) is 16.6. The molecule has 0 aliphatic rings. The molecular weight excluding hydrogens is 396 g/mol. The Labute approximate surface area is 178 Å². The number of fused-ring (bicyclic) bond motifs is 3. The molecular formula is C24H19ClN4O. The number of halogens is 1. The Morgan fingerprint density at radius 3 is 2.43 bits per heavy atom. The molecule has 5 aromatic rings. The quantitative estimate of drug-likeness (QED) is 0.416. The highest BCUT2D eigenvalue weighted by molar-refractivity contribution is 6.30. The lowest BCUT2D eigenvalue weighted by molar-refractivity contribution is 0.765. The second-order valence-electron chi connectivity index (χ2n) is 7.49. The smallest absolute Gasteiger partial charge is 0.261 e. The molecule has 0 bridgehead atoms. The van der Waals surface area contributed by atoms with E-state index in [0.29, 0.717) is 17.0 Å². The monoisotopic (exact) mass is 414 g/mol. The Morgan fingerprint density at radius 2 is 1.70 bits per heavy atom. The van der Waals surface area contributed by atoms with Crippen molar-refractivity contribution in [2.45, 2.75) is 20.4 Å². The summed E-state index contributed by atoms with van der Waals surface area (Å²) in [5, 5.41) is 5.90. The van der Waals surface area contributed by atoms with Gasteiger partial charge in [-0.3, -0.25) is 4.79 Å². The highest BCUT2D eigenvalue weighted by Gasteiger charge is 2.16. The number of aromatic nitrogens is 4. The average molecular weight is 415 g/mol. The van der Waals surface area contributed by atoms with Gasteiger partial charge < -0.3 is 4.57 Å². The first-order valence-electron chi connectivity index (χ1n) is 9.70. The van der Waals surface area contributed by atoms with E-state index in [1.165, 1.54) is 5.56 Å². The van der Waals surface area contributed by atoms with E-state index in [2.05, 4.69) is 22.2 Å². The highest BCUT2D eigenvalue weighted by atomic mass is 35.5. The fraction of sp³-hybridized carbons (Fsp3) is 0.125. The van der Waals surface area contributed by atoms with Crippen LogP contribution < -0.4 is 5.56 Å². The average Bonchev–Trinajstić information content (AvgIpc) is 3.08. The number of hydrogen-bond donors (Lipinski definition) is 0. The normalized spacial score (nSPS) is 11.4. The predicted octanol–water partition coefficient (Wildman–Crippen LogP) is 5.03. The summed E-state index contributed by atoms with van der Waals surface area (Å²) in [4.78, 5) is 17.7. The second-order valence-corrected chi connectivity index (χ2v) is 7.93. The van der Waals surface area contributed by atoms with Gasteiger partial charge in [-0.1, -0.05) is 53.6 Å². The van der Waals surface area contributed by atoms with Gasteiger partial charge in [0.05, 0.1) is 23.1 Å². The van der Waals surface area contributed by atoms with Gasteiger partial charge in [-0.05, 0) is 43.2 Å². The van der Waals surface area contributed by atoms with Gasteiger partial charge in [0.25, 0.3) is 5.56 Å². The van der Waals surface area contributed by atoms with Crippen LogP contribution in [0, 0.1) is 13.8 Å². The minimum Gasteiger partial charge on any atom is -0.310 e. The molecule has 3 aromatic heterocycles. The number of nitrogens with zero attached hydrogens (tertiary/aromatic N) is 4. The molecule has 0 amide bonds. The summed E-state index contributed by atoms with van der Waals surface area (Å²) in [7, 11) is 0. The second kappa shape index (κ2) is 7.11. The molecule has 0 saturated carbocycles. The molecule has 0 N–H and O–H groups in total. The molecule has 0 fully saturated rings. The van der Waals surface area contributed by atoms with Crippen molar-refractivity contribution in [3.05, 3.63) is 99.2 Å². The minimum absolute atomic E-state index is 0.0799. The van der Waals surface area contributed by atoms with Gasteiger partial charge >= 0.3 is 0 Å². The first kappa shape index (κ1) is 18.6. The molecule has 6 heteroatoms. The van der Waals surface area contributed by atoms with Crippen LogP contribution in [-0.2, 0) is 6.54 Å². The van der Waals surface area contributed by atoms with Crippen molar-refractivity contribution < 1.29 is 0 Å². The fourth-order valence-corrected chi connectivity index (χ4v) is 3.91. The van der Waals surface area contributed by atoms with Crippen LogP contribution in [0.2, 0.25) is 5.02 Å². The molecule has 0 aliphatic heterocycles. The first-order chi connectivity index (χ1) is 14.5. The van der Waals surface area contributed by atoms with Crippen molar-refractivity contribution in [2.75, 3.05) is 0 Å². The molecule has 5 rings (SSSR count). The van der Waals surface area contributed by atoms with Crippen LogP contribution in [0.1, 0.15) is 16.8 Å². The van der Waals surface area contributed by atoms with Crippen molar-refractivity contribution in [1.82, 2.24) is 19.2 Å². The van der Waals surface area contributed by atoms with Gasteiger partial charge in [0.15, 0.2) is 5.65 Å². The van der Waals surface area contributed by atoms with Gasteiger partial charge in [0.2, 0.25) is 0 Å². The molecule has 0 atom stereocenters. The van der Waals surface area contributed by atoms with Crippen molar-refractivity contribution in [2.24, 2.45) is 0 Å². The molecule has 30 heavy (non-hydrogen) atoms. The highest BCUT2D eigenvalue weighted by Crippen LogP contribution is 2.29. The standard InChI is InChI=1S/C24H19ClN4O/c1-15-3-5-17(6-4-15)14-28-12-11-21-20(24(28)30)13-26-23-22(16(2)27-29(21)23)18-7-9-19(25)10-8-18/h3-13H,14H2,1-2H3. The molecule has 0 unspecified atom stereocenters. The lowest BCUT2D eigenvalue weighted by Gasteiger charge is -2.09. The van der Waals surface area contributed by atoms with Crippen LogP contribution in [0.4, 0.5) is 0 Å². The zero-order valence-corrected chi connectivity index (χ0v) is 17.4. The van der Waals surface area contributed by atoms with Gasteiger partial charge in [-0.15, -0.1) is 0 Å². The number of hydrogen-bond acceptors (Lipinski definition) is 3. The molecule has 0 saturated heterocycles. The van der Waals surface area contributed by atoms with E-state index in [4.69, 9.17) is 11.6 Å². The summed E-state index contributed by atoms with van der Waals surface area (Å²) in [6.45, 7) is 4.51. The SMILES string of the molecule is Cc1ccc(Cn2ccc3c(cnc4c(-c5ccc(Cl)cc5)c(C)nn43)c2=O)cc1. The maximum absolute atomic E-state index is 13.1. The maximum Gasteiger partial charge on any atom is 0.261 e. The zero-order chi connectivity index (χ0) is 20.8. The van der Waals surface area contributed by atoms with Crippen molar-refractivity contribution in [1.29, 1.82) is 0 Å². The van der Waals surface area contributed by atoms with Crippen LogP contribution in [0.25, 0.3) is 27.7 Å². The van der Waals surface area contributed by atoms with Crippen LogP contribution in [0.3, 0.4) is 0 Å². The Balaban J connectivity index is 1.65. The van der Waals surface area contributed by atoms with E-state index < -0.39 is 0 Å². The Morgan fingerprint density at radius 1 is 0.967 bits per heavy atom. The summed E-state index contributed by atoms with van der Waals surface area (Å²) in [6.07, 6.45) is 3.47. The van der Waals surface area contributed by atoms with E-state index in [1.807, 2.05) is 62.5 Å². The predicted molar refractivity (Wildman–Crippen MR) is 120 cm³/mol. The van der Waals surface area contributed by atoms with Crippen LogP contribution in [-0.4, -0.2) is 19.2 Å². The molecule has 0 radical (unpaired) electrons. The lowest BCUT2D eigenvalue weighted by Crippen LogP contribution is -2.21. The molecule has 0 aliphatic carbocycles. The van der Waals surface area contributed by atoms with E-state index in [0.717, 1.165) is 33.5 Å². The van der Waals surface area contributed by atoms with Gasteiger partial charge in [-0.2, -0.15) is 5.10 Å². The molecule has 5 nitrogen and oxygen atoms in total. The van der Waals surface area contributed by atoms with Crippen LogP contribution >= 0.6 is 11.6 Å². The molecule has 2 aromatic carbocycles. The van der Waals surface area contributed by atoms with E-state index in [-0.39, 0.29) is 5.56 Å². The lowest BCUT2D eigenvalue weighted by atomic mass is 10.1. The van der Waals surface area contributed by atoms with Gasteiger partial charge in [-0.25, -0.2) is 9.50 Å². The van der Waals surface area contributed by atoms with Crippen LogP contribution in [0.15, 0.2) is 71.8 Å². The fourth-order valence-electron chi connectivity index (χ4n) is 3.79. The number of pyridine rings is 1. The largest absolute Gasteiger partial charge is 0.310 e. The minimum atomic E-state index is -0.0799. The summed E-state index contributed by atoms with van der Waals surface area (Å²) in [6, 6.07) is 17.7. The summed E-state index contributed by atoms with van der Waals surface area (Å²) in [5.41, 5.74) is 6.44. The third-order valence-corrected chi connectivity index (χ3v) is 5.62. The third-order valence-electron chi connectivity index (χ3n) is 5.37. The maximum atomic E-state index is 13.1.